The van der Waals surface area contributed by atoms with E-state index in [1.165, 1.54) is 0 Å². The summed E-state index contributed by atoms with van der Waals surface area (Å²) in [6.45, 7) is -0.233. The fourth-order valence-electron chi connectivity index (χ4n) is 2.32. The predicted molar refractivity (Wildman–Crippen MR) is 84.0 cm³/mol. The van der Waals surface area contributed by atoms with Crippen LogP contribution in [0.25, 0.3) is 11.0 Å². The third kappa shape index (κ3) is 3.47. The molecule has 4 heteroatoms. The van der Waals surface area contributed by atoms with Gasteiger partial charge in [-0.1, -0.05) is 30.3 Å². The van der Waals surface area contributed by atoms with Crippen LogP contribution < -0.4 is 4.74 Å². The van der Waals surface area contributed by atoms with Gasteiger partial charge in [0.25, 0.3) is 0 Å². The summed E-state index contributed by atoms with van der Waals surface area (Å²) in [4.78, 5) is 0. The van der Waals surface area contributed by atoms with E-state index in [9.17, 15) is 5.11 Å². The van der Waals surface area contributed by atoms with Gasteiger partial charge in [-0.3, -0.25) is 0 Å². The van der Waals surface area contributed by atoms with Crippen LogP contribution in [0.1, 0.15) is 11.3 Å². The van der Waals surface area contributed by atoms with E-state index in [1.54, 1.807) is 0 Å². The van der Waals surface area contributed by atoms with Gasteiger partial charge in [0.1, 0.15) is 29.8 Å². The van der Waals surface area contributed by atoms with Crippen LogP contribution in [0.5, 0.6) is 5.75 Å². The molecule has 0 aliphatic carbocycles. The van der Waals surface area contributed by atoms with Gasteiger partial charge in [0.15, 0.2) is 0 Å². The van der Waals surface area contributed by atoms with Crippen molar-refractivity contribution in [3.63, 3.8) is 0 Å². The van der Waals surface area contributed by atoms with Crippen LogP contribution in [0.15, 0.2) is 59.0 Å². The second kappa shape index (κ2) is 6.64. The van der Waals surface area contributed by atoms with Crippen molar-refractivity contribution < 1.29 is 19.4 Å². The average Bonchev–Trinajstić information content (AvgIpc) is 2.95. The molecule has 0 saturated carbocycles. The molecule has 1 unspecified atom stereocenters. The van der Waals surface area contributed by atoms with Crippen molar-refractivity contribution in [1.82, 2.24) is 0 Å². The molecule has 1 heterocycles. The molecule has 3 aromatic rings. The van der Waals surface area contributed by atoms with Crippen LogP contribution in [0.3, 0.4) is 0 Å². The number of aliphatic hydroxyl groups is 2. The van der Waals surface area contributed by atoms with E-state index in [1.807, 2.05) is 54.6 Å². The Morgan fingerprint density at radius 3 is 2.73 bits per heavy atom. The number of aliphatic hydroxyl groups excluding tert-OH is 2. The number of ether oxygens (including phenoxy) is 1. The SMILES string of the molecule is OCC(O)COc1cccc(Cc2cc3ccccc3o2)c1. The molecule has 0 radical (unpaired) electrons. The van der Waals surface area contributed by atoms with E-state index in [0.717, 1.165) is 22.3 Å². The summed E-state index contributed by atoms with van der Waals surface area (Å²) < 4.78 is 11.3. The van der Waals surface area contributed by atoms with E-state index < -0.39 is 6.10 Å². The predicted octanol–water partition coefficient (Wildman–Crippen LogP) is 2.76. The molecule has 0 saturated heterocycles. The molecular weight excluding hydrogens is 280 g/mol. The maximum absolute atomic E-state index is 9.31. The first kappa shape index (κ1) is 14.6. The number of benzene rings is 2. The smallest absolute Gasteiger partial charge is 0.134 e. The second-order valence-corrected chi connectivity index (χ2v) is 5.22. The molecule has 0 amide bonds. The number of fused-ring (bicyclic) bond motifs is 1. The fraction of sp³-hybridized carbons (Fsp3) is 0.222. The molecule has 0 bridgehead atoms. The number of hydrogen-bond acceptors (Lipinski definition) is 4. The Labute approximate surface area is 128 Å². The average molecular weight is 298 g/mol. The van der Waals surface area contributed by atoms with Gasteiger partial charge in [-0.05, 0) is 29.8 Å². The molecule has 4 nitrogen and oxygen atoms in total. The van der Waals surface area contributed by atoms with Crippen LogP contribution in [-0.4, -0.2) is 29.5 Å². The number of hydrogen-bond donors (Lipinski definition) is 2. The fourth-order valence-corrected chi connectivity index (χ4v) is 2.32. The molecule has 22 heavy (non-hydrogen) atoms. The normalized spacial score (nSPS) is 12.5. The minimum atomic E-state index is -0.862. The Hall–Kier alpha value is -2.30. The molecule has 0 fully saturated rings. The Morgan fingerprint density at radius 2 is 1.91 bits per heavy atom. The highest BCUT2D eigenvalue weighted by Gasteiger charge is 2.06. The Balaban J connectivity index is 1.72. The minimum Gasteiger partial charge on any atom is -0.491 e. The molecule has 0 spiro atoms. The van der Waals surface area contributed by atoms with Crippen molar-refractivity contribution in [1.29, 1.82) is 0 Å². The minimum absolute atomic E-state index is 0.0740. The van der Waals surface area contributed by atoms with Crippen molar-refractivity contribution in [3.05, 3.63) is 65.9 Å². The van der Waals surface area contributed by atoms with Gasteiger partial charge < -0.3 is 19.4 Å². The van der Waals surface area contributed by atoms with Crippen LogP contribution in [0.4, 0.5) is 0 Å². The van der Waals surface area contributed by atoms with Crippen LogP contribution >= 0.6 is 0 Å². The number of para-hydroxylation sites is 1. The van der Waals surface area contributed by atoms with Crippen LogP contribution in [0.2, 0.25) is 0 Å². The first-order chi connectivity index (χ1) is 10.7. The molecule has 0 aliphatic rings. The summed E-state index contributed by atoms with van der Waals surface area (Å²) in [5.41, 5.74) is 1.95. The van der Waals surface area contributed by atoms with Crippen molar-refractivity contribution >= 4 is 11.0 Å². The lowest BCUT2D eigenvalue weighted by molar-refractivity contribution is 0.0536. The topological polar surface area (TPSA) is 62.8 Å². The van der Waals surface area contributed by atoms with Gasteiger partial charge in [0.05, 0.1) is 6.61 Å². The van der Waals surface area contributed by atoms with E-state index >= 15 is 0 Å². The maximum atomic E-state index is 9.31. The summed E-state index contributed by atoms with van der Waals surface area (Å²) in [7, 11) is 0. The highest BCUT2D eigenvalue weighted by molar-refractivity contribution is 5.77. The lowest BCUT2D eigenvalue weighted by Gasteiger charge is -2.10. The van der Waals surface area contributed by atoms with E-state index in [2.05, 4.69) is 0 Å². The largest absolute Gasteiger partial charge is 0.491 e. The second-order valence-electron chi connectivity index (χ2n) is 5.22. The lowest BCUT2D eigenvalue weighted by atomic mass is 10.1. The Morgan fingerprint density at radius 1 is 1.05 bits per heavy atom. The molecule has 3 rings (SSSR count). The van der Waals surface area contributed by atoms with E-state index in [-0.39, 0.29) is 13.2 Å². The number of rotatable bonds is 6. The van der Waals surface area contributed by atoms with Gasteiger partial charge in [0, 0.05) is 11.8 Å². The number of furan rings is 1. The zero-order valence-electron chi connectivity index (χ0n) is 12.1. The van der Waals surface area contributed by atoms with Crippen LogP contribution in [-0.2, 0) is 6.42 Å². The molecule has 0 aliphatic heterocycles. The highest BCUT2D eigenvalue weighted by Crippen LogP contribution is 2.22. The van der Waals surface area contributed by atoms with Gasteiger partial charge in [-0.2, -0.15) is 0 Å². The lowest BCUT2D eigenvalue weighted by Crippen LogP contribution is -2.21. The first-order valence-electron chi connectivity index (χ1n) is 7.23. The molecule has 1 atom stereocenters. The van der Waals surface area contributed by atoms with Crippen molar-refractivity contribution in [2.45, 2.75) is 12.5 Å². The van der Waals surface area contributed by atoms with Crippen molar-refractivity contribution in [2.75, 3.05) is 13.2 Å². The summed E-state index contributed by atoms with van der Waals surface area (Å²) in [5, 5.41) is 19.2. The monoisotopic (exact) mass is 298 g/mol. The maximum Gasteiger partial charge on any atom is 0.134 e. The Kier molecular flexibility index (Phi) is 4.42. The third-order valence-electron chi connectivity index (χ3n) is 3.41. The van der Waals surface area contributed by atoms with Crippen molar-refractivity contribution in [2.24, 2.45) is 0 Å². The molecular formula is C18H18O4. The standard InChI is InChI=1S/C18H18O4/c19-11-15(20)12-21-16-6-3-4-13(8-16)9-17-10-14-5-1-2-7-18(14)22-17/h1-8,10,15,19-20H,9,11-12H2. The molecule has 114 valence electrons. The highest BCUT2D eigenvalue weighted by atomic mass is 16.5. The summed E-state index contributed by atoms with van der Waals surface area (Å²) >= 11 is 0. The third-order valence-corrected chi connectivity index (χ3v) is 3.41. The van der Waals surface area contributed by atoms with Gasteiger partial charge >= 0.3 is 0 Å². The zero-order valence-corrected chi connectivity index (χ0v) is 12.1. The molecule has 2 aromatic carbocycles. The first-order valence-corrected chi connectivity index (χ1v) is 7.23. The van der Waals surface area contributed by atoms with Gasteiger partial charge in [0.2, 0.25) is 0 Å². The summed E-state index contributed by atoms with van der Waals surface area (Å²) in [5.74, 6) is 1.56. The molecule has 2 N–H and O–H groups in total. The Bertz CT molecular complexity index is 714. The molecule has 1 aromatic heterocycles. The van der Waals surface area contributed by atoms with Crippen LogP contribution in [0, 0.1) is 0 Å². The van der Waals surface area contributed by atoms with E-state index in [4.69, 9.17) is 14.3 Å². The van der Waals surface area contributed by atoms with E-state index in [0.29, 0.717) is 12.2 Å². The van der Waals surface area contributed by atoms with Crippen molar-refractivity contribution in [3.8, 4) is 5.75 Å². The quantitative estimate of drug-likeness (QED) is 0.734. The summed E-state index contributed by atoms with van der Waals surface area (Å²) in [6.07, 6.45) is -0.187. The van der Waals surface area contributed by atoms with Gasteiger partial charge in [-0.25, -0.2) is 0 Å². The van der Waals surface area contributed by atoms with Gasteiger partial charge in [-0.15, -0.1) is 0 Å². The summed E-state index contributed by atoms with van der Waals surface area (Å²) in [6, 6.07) is 17.6. The zero-order chi connectivity index (χ0) is 15.4.